The van der Waals surface area contributed by atoms with E-state index in [-0.39, 0.29) is 25.7 Å². The van der Waals surface area contributed by atoms with Crippen molar-refractivity contribution in [3.63, 3.8) is 0 Å². The van der Waals surface area contributed by atoms with Crippen LogP contribution in [0, 0.1) is 10.8 Å². The van der Waals surface area contributed by atoms with E-state index >= 15 is 0 Å². The molecule has 40 heavy (non-hydrogen) atoms. The normalized spacial score (nSPS) is 51.8. The summed E-state index contributed by atoms with van der Waals surface area (Å²) in [6.45, 7) is 7.03. The Hall–Kier alpha value is -2.12. The number of aliphatic hydroxyl groups excluding tert-OH is 3. The summed E-state index contributed by atoms with van der Waals surface area (Å²) in [4.78, 5) is 26.3. The summed E-state index contributed by atoms with van der Waals surface area (Å²) in [6.07, 6.45) is 2.24. The molecule has 2 spiro atoms. The second-order valence-electron chi connectivity index (χ2n) is 12.5. The largest absolute Gasteiger partial charge is 0.463 e. The lowest BCUT2D eigenvalue weighted by Gasteiger charge is -2.58. The molecule has 0 aromatic heterocycles. The average Bonchev–Trinajstić information content (AvgIpc) is 3.81. The summed E-state index contributed by atoms with van der Waals surface area (Å²) in [5.74, 6) is -1.23. The van der Waals surface area contributed by atoms with Crippen LogP contribution in [-0.4, -0.2) is 107 Å². The van der Waals surface area contributed by atoms with Crippen LogP contribution in [0.15, 0.2) is 36.0 Å². The third-order valence-corrected chi connectivity index (χ3v) is 10.3. The Balaban J connectivity index is 1.38. The Bertz CT molecular complexity index is 1160. The van der Waals surface area contributed by atoms with Crippen LogP contribution in [0.2, 0.25) is 0 Å². The van der Waals surface area contributed by atoms with E-state index in [9.17, 15) is 24.9 Å². The summed E-state index contributed by atoms with van der Waals surface area (Å²) in [5, 5.41) is 31.9. The van der Waals surface area contributed by atoms with Gasteiger partial charge in [-0.1, -0.05) is 31.2 Å². The quantitative estimate of drug-likeness (QED) is 0.232. The maximum Gasteiger partial charge on any atom is 0.338 e. The maximum absolute atomic E-state index is 13.3. The van der Waals surface area contributed by atoms with Crippen LogP contribution in [0.4, 0.5) is 0 Å². The number of allylic oxidation sites excluding steroid dienone is 2. The molecule has 11 nitrogen and oxygen atoms in total. The van der Waals surface area contributed by atoms with Crippen molar-refractivity contribution in [1.29, 1.82) is 0 Å². The van der Waals surface area contributed by atoms with Crippen LogP contribution in [0.5, 0.6) is 0 Å². The Morgan fingerprint density at radius 3 is 2.55 bits per heavy atom. The van der Waals surface area contributed by atoms with Gasteiger partial charge in [-0.25, -0.2) is 9.59 Å². The highest BCUT2D eigenvalue weighted by molar-refractivity contribution is 5.82. The van der Waals surface area contributed by atoms with Gasteiger partial charge in [-0.3, -0.25) is 0 Å². The molecule has 0 amide bonds. The molecular formula is C29H38O11. The van der Waals surface area contributed by atoms with Crippen LogP contribution in [0.3, 0.4) is 0 Å². The molecule has 4 fully saturated rings. The summed E-state index contributed by atoms with van der Waals surface area (Å²) in [6, 6.07) is 0. The molecule has 3 N–H and O–H groups in total. The van der Waals surface area contributed by atoms with Crippen molar-refractivity contribution in [2.45, 2.75) is 101 Å². The van der Waals surface area contributed by atoms with Gasteiger partial charge in [0.25, 0.3) is 0 Å². The second-order valence-corrected chi connectivity index (χ2v) is 12.5. The first-order valence-corrected chi connectivity index (χ1v) is 13.9. The Kier molecular flexibility index (Phi) is 6.62. The summed E-state index contributed by atoms with van der Waals surface area (Å²) in [5.41, 5.74) is -3.03. The van der Waals surface area contributed by atoms with E-state index in [1.807, 2.05) is 19.9 Å². The first-order chi connectivity index (χ1) is 18.9. The minimum Gasteiger partial charge on any atom is -0.463 e. The Labute approximate surface area is 232 Å². The number of fused-ring (bicyclic) bond motifs is 1. The van der Waals surface area contributed by atoms with Gasteiger partial charge in [0.1, 0.15) is 36.1 Å². The fourth-order valence-electron chi connectivity index (χ4n) is 7.38. The second kappa shape index (κ2) is 9.45. The molecule has 1 saturated carbocycles. The molecule has 2 aliphatic carbocycles. The SMILES string of the molecule is CC1=C[C@@H]2O[C@H]3C[C@@H]4OC(=O)/C=C/C=C[C@@H]([C@H](C)O)OC[C@@H](O)[C@]5(C)O[C@H]5C(=O)OCC2(C[C@H]1O)C4(C)C31CO1. The lowest BCUT2D eigenvalue weighted by molar-refractivity contribution is -0.239. The molecule has 4 aliphatic heterocycles. The number of cyclic esters (lactones) is 1. The first-order valence-electron chi connectivity index (χ1n) is 13.9. The van der Waals surface area contributed by atoms with Crippen molar-refractivity contribution in [2.75, 3.05) is 19.8 Å². The topological polar surface area (TPSA) is 157 Å². The molecule has 2 bridgehead atoms. The minimum absolute atomic E-state index is 0.134. The van der Waals surface area contributed by atoms with E-state index in [0.717, 1.165) is 5.57 Å². The van der Waals surface area contributed by atoms with E-state index in [0.29, 0.717) is 13.0 Å². The van der Waals surface area contributed by atoms with Crippen molar-refractivity contribution in [2.24, 2.45) is 10.8 Å². The van der Waals surface area contributed by atoms with Crippen LogP contribution >= 0.6 is 0 Å². The number of hydrogen-bond acceptors (Lipinski definition) is 11. The lowest BCUT2D eigenvalue weighted by Crippen LogP contribution is -2.68. The minimum atomic E-state index is -1.22. The fraction of sp³-hybridized carbons (Fsp3) is 0.724. The summed E-state index contributed by atoms with van der Waals surface area (Å²) in [7, 11) is 0. The highest BCUT2D eigenvalue weighted by atomic mass is 16.7. The Morgan fingerprint density at radius 1 is 1.10 bits per heavy atom. The molecule has 6 rings (SSSR count). The van der Waals surface area contributed by atoms with Gasteiger partial charge < -0.3 is 43.7 Å². The number of ether oxygens (including phenoxy) is 6. The summed E-state index contributed by atoms with van der Waals surface area (Å²) >= 11 is 0. The fourth-order valence-corrected chi connectivity index (χ4v) is 7.38. The zero-order chi connectivity index (χ0) is 28.7. The third-order valence-electron chi connectivity index (χ3n) is 10.3. The third kappa shape index (κ3) is 3.97. The summed E-state index contributed by atoms with van der Waals surface area (Å²) < 4.78 is 35.9. The van der Waals surface area contributed by atoms with Gasteiger partial charge in [0, 0.05) is 17.9 Å². The van der Waals surface area contributed by atoms with Crippen LogP contribution in [0.1, 0.15) is 40.5 Å². The number of aliphatic hydroxyl groups is 3. The molecular weight excluding hydrogens is 524 g/mol. The van der Waals surface area contributed by atoms with E-state index in [4.69, 9.17) is 28.4 Å². The predicted octanol–water partition coefficient (Wildman–Crippen LogP) is 0.496. The van der Waals surface area contributed by atoms with Crippen LogP contribution in [-0.2, 0) is 38.0 Å². The van der Waals surface area contributed by atoms with Crippen molar-refractivity contribution in [1.82, 2.24) is 0 Å². The molecule has 4 heterocycles. The average molecular weight is 563 g/mol. The van der Waals surface area contributed by atoms with Crippen LogP contribution in [0.25, 0.3) is 0 Å². The molecule has 6 aliphatic rings. The lowest BCUT2D eigenvalue weighted by atomic mass is 9.51. The molecule has 12 atom stereocenters. The predicted molar refractivity (Wildman–Crippen MR) is 137 cm³/mol. The van der Waals surface area contributed by atoms with Gasteiger partial charge in [0.05, 0.1) is 43.0 Å². The first kappa shape index (κ1) is 28.0. The zero-order valence-corrected chi connectivity index (χ0v) is 23.1. The van der Waals surface area contributed by atoms with Crippen LogP contribution < -0.4 is 0 Å². The highest BCUT2D eigenvalue weighted by Gasteiger charge is 2.83. The molecule has 3 saturated heterocycles. The molecule has 0 aromatic carbocycles. The highest BCUT2D eigenvalue weighted by Crippen LogP contribution is 2.72. The van der Waals surface area contributed by atoms with Gasteiger partial charge >= 0.3 is 11.9 Å². The number of hydrogen-bond donors (Lipinski definition) is 3. The van der Waals surface area contributed by atoms with Crippen molar-refractivity contribution >= 4 is 11.9 Å². The van der Waals surface area contributed by atoms with Crippen molar-refractivity contribution in [3.8, 4) is 0 Å². The molecule has 0 aromatic rings. The number of carbonyl (C=O) groups excluding carboxylic acids is 2. The molecule has 0 radical (unpaired) electrons. The molecule has 220 valence electrons. The number of carbonyl (C=O) groups is 2. The van der Waals surface area contributed by atoms with Gasteiger partial charge in [0.15, 0.2) is 6.10 Å². The monoisotopic (exact) mass is 562 g/mol. The van der Waals surface area contributed by atoms with Gasteiger partial charge in [-0.2, -0.15) is 0 Å². The van der Waals surface area contributed by atoms with E-state index in [1.54, 1.807) is 26.0 Å². The number of epoxide rings is 2. The van der Waals surface area contributed by atoms with Crippen molar-refractivity contribution in [3.05, 3.63) is 36.0 Å². The molecule has 3 unspecified atom stereocenters. The smallest absolute Gasteiger partial charge is 0.338 e. The van der Waals surface area contributed by atoms with Gasteiger partial charge in [0.2, 0.25) is 0 Å². The van der Waals surface area contributed by atoms with Crippen molar-refractivity contribution < 1.29 is 53.3 Å². The van der Waals surface area contributed by atoms with E-state index < -0.39 is 76.7 Å². The van der Waals surface area contributed by atoms with Gasteiger partial charge in [-0.05, 0) is 32.8 Å². The standard InChI is InChI=1S/C29H38O11/c1-15-9-21-28(11-17(15)31)13-36-25(34)24-26(3,40-24)19(32)12-35-18(16(2)30)7-5-6-8-23(33)39-20-10-22(38-21)29(14-37-29)27(20,28)4/h5-9,16-22,24,30-32H,10-14H2,1-4H3/b7-5?,8-6+/t16-,17+,18-,19+,20-,21-,22-,24-,26-,27?,28?,29?/m0/s1. The van der Waals surface area contributed by atoms with E-state index in [2.05, 4.69) is 0 Å². The maximum atomic E-state index is 13.3. The Morgan fingerprint density at radius 2 is 1.85 bits per heavy atom. The van der Waals surface area contributed by atoms with E-state index in [1.165, 1.54) is 12.2 Å². The zero-order valence-electron chi connectivity index (χ0n) is 23.1. The molecule has 11 heteroatoms. The van der Waals surface area contributed by atoms with Gasteiger partial charge in [-0.15, -0.1) is 0 Å². The number of rotatable bonds is 1. The number of esters is 2.